The van der Waals surface area contributed by atoms with Gasteiger partial charge in [0.15, 0.2) is 0 Å². The molecular weight excluding hydrogens is 252 g/mol. The minimum atomic E-state index is -0.280. The standard InChI is InChI=1S/C16H16N2O2/c1-11-4-3-5-13(8-11)16(20)18-17-10-14-9-12(2)6-7-15(14)19/h3-10,19H,1-2H3,(H,18,20)/b17-10+. The van der Waals surface area contributed by atoms with Gasteiger partial charge in [-0.2, -0.15) is 5.10 Å². The summed E-state index contributed by atoms with van der Waals surface area (Å²) in [5.74, 6) is -0.152. The van der Waals surface area contributed by atoms with E-state index in [9.17, 15) is 9.90 Å². The van der Waals surface area contributed by atoms with Crippen molar-refractivity contribution in [2.24, 2.45) is 5.10 Å². The Morgan fingerprint density at radius 2 is 1.90 bits per heavy atom. The normalized spacial score (nSPS) is 10.7. The summed E-state index contributed by atoms with van der Waals surface area (Å²) in [4.78, 5) is 11.9. The summed E-state index contributed by atoms with van der Waals surface area (Å²) in [6, 6.07) is 12.4. The average molecular weight is 268 g/mol. The summed E-state index contributed by atoms with van der Waals surface area (Å²) in [5.41, 5.74) is 5.58. The van der Waals surface area contributed by atoms with E-state index in [1.807, 2.05) is 26.0 Å². The number of aromatic hydroxyl groups is 1. The van der Waals surface area contributed by atoms with Crippen LogP contribution >= 0.6 is 0 Å². The summed E-state index contributed by atoms with van der Waals surface area (Å²) in [5, 5.41) is 13.5. The first-order valence-corrected chi connectivity index (χ1v) is 6.26. The van der Waals surface area contributed by atoms with Gasteiger partial charge in [0.25, 0.3) is 5.91 Å². The second-order valence-corrected chi connectivity index (χ2v) is 4.63. The highest BCUT2D eigenvalue weighted by atomic mass is 16.3. The zero-order chi connectivity index (χ0) is 14.5. The van der Waals surface area contributed by atoms with E-state index in [1.165, 1.54) is 6.21 Å². The van der Waals surface area contributed by atoms with Gasteiger partial charge in [-0.25, -0.2) is 5.43 Å². The fraction of sp³-hybridized carbons (Fsp3) is 0.125. The van der Waals surface area contributed by atoms with Crippen molar-refractivity contribution in [3.8, 4) is 5.75 Å². The Labute approximate surface area is 117 Å². The molecule has 2 aromatic rings. The summed E-state index contributed by atoms with van der Waals surface area (Å²) >= 11 is 0. The molecule has 20 heavy (non-hydrogen) atoms. The van der Waals surface area contributed by atoms with E-state index in [2.05, 4.69) is 10.5 Å². The molecule has 0 aliphatic carbocycles. The van der Waals surface area contributed by atoms with Crippen molar-refractivity contribution in [1.29, 1.82) is 0 Å². The largest absolute Gasteiger partial charge is 0.507 e. The van der Waals surface area contributed by atoms with Crippen LogP contribution in [0, 0.1) is 13.8 Å². The molecule has 0 heterocycles. The van der Waals surface area contributed by atoms with Gasteiger partial charge in [-0.1, -0.05) is 29.3 Å². The Morgan fingerprint density at radius 1 is 1.15 bits per heavy atom. The number of phenolic OH excluding ortho intramolecular Hbond substituents is 1. The smallest absolute Gasteiger partial charge is 0.271 e. The van der Waals surface area contributed by atoms with Gasteiger partial charge >= 0.3 is 0 Å². The third-order valence-electron chi connectivity index (χ3n) is 2.83. The quantitative estimate of drug-likeness (QED) is 0.664. The second-order valence-electron chi connectivity index (χ2n) is 4.63. The molecule has 0 aliphatic rings. The molecule has 2 N–H and O–H groups in total. The summed E-state index contributed by atoms with van der Waals surface area (Å²) in [6.07, 6.45) is 1.43. The maximum Gasteiger partial charge on any atom is 0.271 e. The number of carbonyl (C=O) groups is 1. The molecule has 0 aromatic heterocycles. The number of hydrogen-bond donors (Lipinski definition) is 2. The third-order valence-corrected chi connectivity index (χ3v) is 2.83. The number of hydrazone groups is 1. The first-order valence-electron chi connectivity index (χ1n) is 6.26. The number of rotatable bonds is 3. The number of carbonyl (C=O) groups excluding carboxylic acids is 1. The summed E-state index contributed by atoms with van der Waals surface area (Å²) in [6.45, 7) is 3.84. The van der Waals surface area contributed by atoms with Crippen LogP contribution in [0.1, 0.15) is 27.0 Å². The molecule has 0 spiro atoms. The van der Waals surface area contributed by atoms with Gasteiger partial charge in [0.2, 0.25) is 0 Å². The predicted octanol–water partition coefficient (Wildman–Crippen LogP) is 2.77. The molecule has 1 amide bonds. The Kier molecular flexibility index (Phi) is 4.15. The van der Waals surface area contributed by atoms with Gasteiger partial charge in [-0.05, 0) is 38.1 Å². The van der Waals surface area contributed by atoms with Gasteiger partial charge in [0, 0.05) is 11.1 Å². The van der Waals surface area contributed by atoms with Crippen molar-refractivity contribution in [3.05, 3.63) is 64.7 Å². The van der Waals surface area contributed by atoms with Gasteiger partial charge in [0.1, 0.15) is 5.75 Å². The number of hydrogen-bond acceptors (Lipinski definition) is 3. The predicted molar refractivity (Wildman–Crippen MR) is 79.1 cm³/mol. The zero-order valence-corrected chi connectivity index (χ0v) is 11.4. The molecule has 0 unspecified atom stereocenters. The van der Waals surface area contributed by atoms with E-state index in [-0.39, 0.29) is 11.7 Å². The van der Waals surface area contributed by atoms with Crippen LogP contribution in [0.15, 0.2) is 47.6 Å². The van der Waals surface area contributed by atoms with Gasteiger partial charge in [0.05, 0.1) is 6.21 Å². The first-order chi connectivity index (χ1) is 9.56. The van der Waals surface area contributed by atoms with Crippen molar-refractivity contribution in [2.75, 3.05) is 0 Å². The minimum Gasteiger partial charge on any atom is -0.507 e. The molecule has 2 aromatic carbocycles. The van der Waals surface area contributed by atoms with E-state index in [1.54, 1.807) is 30.3 Å². The monoisotopic (exact) mass is 268 g/mol. The summed E-state index contributed by atoms with van der Waals surface area (Å²) in [7, 11) is 0. The highest BCUT2D eigenvalue weighted by Gasteiger charge is 2.03. The number of amides is 1. The van der Waals surface area contributed by atoms with E-state index < -0.39 is 0 Å². The highest BCUT2D eigenvalue weighted by molar-refractivity contribution is 5.95. The number of phenols is 1. The molecule has 0 saturated heterocycles. The topological polar surface area (TPSA) is 61.7 Å². The first kappa shape index (κ1) is 13.8. The lowest BCUT2D eigenvalue weighted by Crippen LogP contribution is -2.17. The molecule has 0 atom stereocenters. The van der Waals surface area contributed by atoms with Crippen molar-refractivity contribution in [2.45, 2.75) is 13.8 Å². The third kappa shape index (κ3) is 3.45. The molecular formula is C16H16N2O2. The second kappa shape index (κ2) is 6.02. The van der Waals surface area contributed by atoms with E-state index in [4.69, 9.17) is 0 Å². The molecule has 4 nitrogen and oxygen atoms in total. The maximum atomic E-state index is 11.9. The van der Waals surface area contributed by atoms with E-state index in [0.717, 1.165) is 11.1 Å². The van der Waals surface area contributed by atoms with Gasteiger partial charge in [-0.3, -0.25) is 4.79 Å². The molecule has 102 valence electrons. The molecule has 0 radical (unpaired) electrons. The molecule has 4 heteroatoms. The Morgan fingerprint density at radius 3 is 2.65 bits per heavy atom. The van der Waals surface area contributed by atoms with Crippen molar-refractivity contribution in [1.82, 2.24) is 5.43 Å². The number of nitrogens with zero attached hydrogens (tertiary/aromatic N) is 1. The minimum absolute atomic E-state index is 0.129. The van der Waals surface area contributed by atoms with Crippen LogP contribution in [0.25, 0.3) is 0 Å². The highest BCUT2D eigenvalue weighted by Crippen LogP contribution is 2.15. The lowest BCUT2D eigenvalue weighted by molar-refractivity contribution is 0.0955. The van der Waals surface area contributed by atoms with Crippen LogP contribution in [-0.4, -0.2) is 17.2 Å². The van der Waals surface area contributed by atoms with E-state index >= 15 is 0 Å². The van der Waals surface area contributed by atoms with Crippen molar-refractivity contribution in [3.63, 3.8) is 0 Å². The molecule has 2 rings (SSSR count). The van der Waals surface area contributed by atoms with Crippen LogP contribution in [0.5, 0.6) is 5.75 Å². The van der Waals surface area contributed by atoms with Crippen molar-refractivity contribution >= 4 is 12.1 Å². The number of nitrogens with one attached hydrogen (secondary N) is 1. The Hall–Kier alpha value is -2.62. The van der Waals surface area contributed by atoms with Gasteiger partial charge < -0.3 is 5.11 Å². The maximum absolute atomic E-state index is 11.9. The number of aryl methyl sites for hydroxylation is 2. The van der Waals surface area contributed by atoms with Crippen molar-refractivity contribution < 1.29 is 9.90 Å². The van der Waals surface area contributed by atoms with Crippen LogP contribution < -0.4 is 5.43 Å². The molecule has 0 aliphatic heterocycles. The van der Waals surface area contributed by atoms with Gasteiger partial charge in [-0.15, -0.1) is 0 Å². The molecule has 0 fully saturated rings. The van der Waals surface area contributed by atoms with E-state index in [0.29, 0.717) is 11.1 Å². The van der Waals surface area contributed by atoms with Crippen LogP contribution in [-0.2, 0) is 0 Å². The van der Waals surface area contributed by atoms with Crippen LogP contribution in [0.2, 0.25) is 0 Å². The molecule has 0 saturated carbocycles. The molecule has 0 bridgehead atoms. The van der Waals surface area contributed by atoms with Crippen LogP contribution in [0.3, 0.4) is 0 Å². The Balaban J connectivity index is 2.06. The van der Waals surface area contributed by atoms with Crippen LogP contribution in [0.4, 0.5) is 0 Å². The SMILES string of the molecule is Cc1cccc(C(=O)N/N=C/c2cc(C)ccc2O)c1. The fourth-order valence-corrected chi connectivity index (χ4v) is 1.79. The lowest BCUT2D eigenvalue weighted by Gasteiger charge is -2.02. The number of benzene rings is 2. The fourth-order valence-electron chi connectivity index (χ4n) is 1.79. The summed E-state index contributed by atoms with van der Waals surface area (Å²) < 4.78 is 0. The average Bonchev–Trinajstić information content (AvgIpc) is 2.42. The Bertz CT molecular complexity index is 663. The zero-order valence-electron chi connectivity index (χ0n) is 11.4. The lowest BCUT2D eigenvalue weighted by atomic mass is 10.1.